The quantitative estimate of drug-likeness (QED) is 0.452. The second-order valence-electron chi connectivity index (χ2n) is 1.86. The molecule has 0 amide bonds. The zero-order chi connectivity index (χ0) is 8.27. The number of hydrogen-bond donors (Lipinski definition) is 2. The van der Waals surface area contributed by atoms with Gasteiger partial charge in [0.15, 0.2) is 0 Å². The number of rotatable bonds is 2. The zero-order valence-corrected chi connectivity index (χ0v) is 6.03. The molecule has 1 rings (SSSR count). The highest BCUT2D eigenvalue weighted by atomic mass is 16.5. The lowest BCUT2D eigenvalue weighted by atomic mass is 10.4. The first-order chi connectivity index (χ1) is 5.24. The molecule has 0 radical (unpaired) electrons. The van der Waals surface area contributed by atoms with E-state index in [1.54, 1.807) is 0 Å². The van der Waals surface area contributed by atoms with Crippen molar-refractivity contribution in [1.82, 2.24) is 9.97 Å². The lowest BCUT2D eigenvalue weighted by Gasteiger charge is -1.98. The largest absolute Gasteiger partial charge is 0.480 e. The third-order valence-corrected chi connectivity index (χ3v) is 1.11. The van der Waals surface area contributed by atoms with Crippen molar-refractivity contribution in [2.24, 2.45) is 5.73 Å². The first-order valence-electron chi connectivity index (χ1n) is 2.94. The molecule has 0 aliphatic heterocycles. The van der Waals surface area contributed by atoms with E-state index in [2.05, 4.69) is 9.97 Å². The maximum Gasteiger partial charge on any atom is 0.232 e. The van der Waals surface area contributed by atoms with Gasteiger partial charge >= 0.3 is 0 Å². The van der Waals surface area contributed by atoms with Crippen LogP contribution in [0.1, 0.15) is 5.69 Å². The molecule has 0 aromatic carbocycles. The molecular weight excluding hydrogens is 144 g/mol. The van der Waals surface area contributed by atoms with Crippen LogP contribution >= 0.6 is 0 Å². The summed E-state index contributed by atoms with van der Waals surface area (Å²) in [5.74, 6) is 0.315. The van der Waals surface area contributed by atoms with Crippen molar-refractivity contribution in [3.05, 3.63) is 18.1 Å². The number of nitrogens with two attached hydrogens (primary N) is 1. The van der Waals surface area contributed by atoms with Crippen LogP contribution in [0.2, 0.25) is 0 Å². The Hall–Kier alpha value is -1.65. The van der Waals surface area contributed by atoms with Crippen molar-refractivity contribution < 1.29 is 4.74 Å². The number of aromatic nitrogens is 2. The van der Waals surface area contributed by atoms with Gasteiger partial charge in [-0.25, -0.2) is 9.97 Å². The lowest BCUT2D eigenvalue weighted by Crippen LogP contribution is -2.13. The van der Waals surface area contributed by atoms with Gasteiger partial charge in [0.05, 0.1) is 19.5 Å². The second kappa shape index (κ2) is 2.96. The predicted octanol–water partition coefficient (Wildman–Crippen LogP) is -0.231. The summed E-state index contributed by atoms with van der Waals surface area (Å²) < 4.78 is 4.76. The van der Waals surface area contributed by atoms with E-state index in [-0.39, 0.29) is 5.84 Å². The number of nitrogens with zero attached hydrogens (tertiary/aromatic N) is 2. The fourth-order valence-electron chi connectivity index (χ4n) is 0.561. The van der Waals surface area contributed by atoms with Crippen LogP contribution in [0.4, 0.5) is 0 Å². The Kier molecular flexibility index (Phi) is 2.00. The Morgan fingerprint density at radius 1 is 1.55 bits per heavy atom. The number of amidine groups is 1. The maximum atomic E-state index is 7.00. The lowest BCUT2D eigenvalue weighted by molar-refractivity contribution is 0.395. The third kappa shape index (κ3) is 1.64. The average molecular weight is 152 g/mol. The highest BCUT2D eigenvalue weighted by Crippen LogP contribution is 2.01. The van der Waals surface area contributed by atoms with Crippen molar-refractivity contribution in [3.8, 4) is 5.88 Å². The number of nitrogens with one attached hydrogen (secondary N) is 1. The summed E-state index contributed by atoms with van der Waals surface area (Å²) in [7, 11) is 1.50. The van der Waals surface area contributed by atoms with Crippen LogP contribution in [0.15, 0.2) is 12.4 Å². The van der Waals surface area contributed by atoms with Gasteiger partial charge in [0.1, 0.15) is 11.5 Å². The highest BCUT2D eigenvalue weighted by Gasteiger charge is 1.98. The van der Waals surface area contributed by atoms with Crippen LogP contribution in [0, 0.1) is 5.41 Å². The SMILES string of the molecule is COc1cnc(C(=N)N)cn1. The molecule has 1 aromatic rings. The Balaban J connectivity index is 2.91. The van der Waals surface area contributed by atoms with Gasteiger partial charge in [-0.3, -0.25) is 5.41 Å². The fraction of sp³-hybridized carbons (Fsp3) is 0.167. The van der Waals surface area contributed by atoms with Crippen LogP contribution in [0.3, 0.4) is 0 Å². The zero-order valence-electron chi connectivity index (χ0n) is 6.03. The molecule has 5 heteroatoms. The van der Waals surface area contributed by atoms with Gasteiger partial charge in [-0.15, -0.1) is 0 Å². The van der Waals surface area contributed by atoms with Crippen molar-refractivity contribution in [2.45, 2.75) is 0 Å². The monoisotopic (exact) mass is 152 g/mol. The molecule has 0 saturated heterocycles. The Bertz CT molecular complexity index is 256. The molecule has 11 heavy (non-hydrogen) atoms. The number of hydrogen-bond acceptors (Lipinski definition) is 4. The van der Waals surface area contributed by atoms with E-state index >= 15 is 0 Å². The van der Waals surface area contributed by atoms with Gasteiger partial charge in [0.25, 0.3) is 0 Å². The van der Waals surface area contributed by atoms with E-state index in [0.29, 0.717) is 11.6 Å². The highest BCUT2D eigenvalue weighted by molar-refractivity contribution is 5.92. The van der Waals surface area contributed by atoms with E-state index < -0.39 is 0 Å². The van der Waals surface area contributed by atoms with Crippen LogP contribution in [-0.2, 0) is 0 Å². The van der Waals surface area contributed by atoms with E-state index in [0.717, 1.165) is 0 Å². The first kappa shape index (κ1) is 7.46. The van der Waals surface area contributed by atoms with Crippen molar-refractivity contribution >= 4 is 5.84 Å². The van der Waals surface area contributed by atoms with Crippen molar-refractivity contribution in [1.29, 1.82) is 5.41 Å². The smallest absolute Gasteiger partial charge is 0.232 e. The third-order valence-electron chi connectivity index (χ3n) is 1.11. The summed E-state index contributed by atoms with van der Waals surface area (Å²) in [6.07, 6.45) is 2.80. The standard InChI is InChI=1S/C6H8N4O/c1-11-5-3-9-4(2-10-5)6(7)8/h2-3H,1H3,(H3,7,8). The normalized spacial score (nSPS) is 9.18. The first-order valence-corrected chi connectivity index (χ1v) is 2.94. The molecule has 0 spiro atoms. The maximum absolute atomic E-state index is 7.00. The van der Waals surface area contributed by atoms with Crippen LogP contribution in [0.5, 0.6) is 5.88 Å². The summed E-state index contributed by atoms with van der Waals surface area (Å²) >= 11 is 0. The minimum atomic E-state index is -0.0971. The molecule has 0 aliphatic rings. The average Bonchev–Trinajstić information content (AvgIpc) is 2.05. The fourth-order valence-corrected chi connectivity index (χ4v) is 0.561. The van der Waals surface area contributed by atoms with Crippen LogP contribution in [-0.4, -0.2) is 22.9 Å². The Labute approximate surface area is 63.7 Å². The van der Waals surface area contributed by atoms with E-state index in [9.17, 15) is 0 Å². The van der Waals surface area contributed by atoms with Gasteiger partial charge in [0, 0.05) is 0 Å². The van der Waals surface area contributed by atoms with Crippen molar-refractivity contribution in [2.75, 3.05) is 7.11 Å². The van der Waals surface area contributed by atoms with Crippen LogP contribution in [0.25, 0.3) is 0 Å². The van der Waals surface area contributed by atoms with E-state index in [1.807, 2.05) is 0 Å². The predicted molar refractivity (Wildman–Crippen MR) is 39.6 cm³/mol. The molecule has 0 fully saturated rings. The molecule has 0 unspecified atom stereocenters. The summed E-state index contributed by atoms with van der Waals surface area (Å²) in [4.78, 5) is 7.62. The van der Waals surface area contributed by atoms with Gasteiger partial charge in [-0.1, -0.05) is 0 Å². The van der Waals surface area contributed by atoms with Gasteiger partial charge in [0.2, 0.25) is 5.88 Å². The number of ether oxygens (including phenoxy) is 1. The summed E-state index contributed by atoms with van der Waals surface area (Å²) in [6, 6.07) is 0. The van der Waals surface area contributed by atoms with Gasteiger partial charge < -0.3 is 10.5 Å². The molecule has 0 atom stereocenters. The molecule has 58 valence electrons. The van der Waals surface area contributed by atoms with Gasteiger partial charge in [-0.05, 0) is 0 Å². The minimum Gasteiger partial charge on any atom is -0.480 e. The second-order valence-corrected chi connectivity index (χ2v) is 1.86. The minimum absolute atomic E-state index is 0.0971. The number of methoxy groups -OCH3 is 1. The molecule has 1 aromatic heterocycles. The van der Waals surface area contributed by atoms with E-state index in [4.69, 9.17) is 15.9 Å². The molecule has 0 aliphatic carbocycles. The Morgan fingerprint density at radius 2 is 2.27 bits per heavy atom. The summed E-state index contributed by atoms with van der Waals surface area (Å²) in [6.45, 7) is 0. The summed E-state index contributed by atoms with van der Waals surface area (Å²) in [5, 5.41) is 7.00. The molecule has 0 bridgehead atoms. The number of nitrogen functional groups attached to an aromatic ring is 1. The molecular formula is C6H8N4O. The molecule has 3 N–H and O–H groups in total. The molecule has 0 saturated carbocycles. The van der Waals surface area contributed by atoms with Crippen LogP contribution < -0.4 is 10.5 Å². The van der Waals surface area contributed by atoms with Gasteiger partial charge in [-0.2, -0.15) is 0 Å². The molecule has 1 heterocycles. The van der Waals surface area contributed by atoms with Crippen molar-refractivity contribution in [3.63, 3.8) is 0 Å². The topological polar surface area (TPSA) is 84.9 Å². The van der Waals surface area contributed by atoms with E-state index in [1.165, 1.54) is 19.5 Å². The Morgan fingerprint density at radius 3 is 2.64 bits per heavy atom. The molecule has 5 nitrogen and oxygen atoms in total. The summed E-state index contributed by atoms with van der Waals surface area (Å²) in [5.41, 5.74) is 5.50.